The van der Waals surface area contributed by atoms with E-state index in [1.54, 1.807) is 0 Å². The van der Waals surface area contributed by atoms with Crippen LogP contribution in [-0.2, 0) is 0 Å². The molecule has 0 spiro atoms. The number of carbonyl (C=O) groups is 1. The Labute approximate surface area is 139 Å². The Balaban J connectivity index is 2.09. The molecule has 1 saturated heterocycles. The summed E-state index contributed by atoms with van der Waals surface area (Å²) in [6, 6.07) is 5.48. The number of amides is 1. The van der Waals surface area contributed by atoms with Gasteiger partial charge in [-0.3, -0.25) is 4.79 Å². The Kier molecular flexibility index (Phi) is 6.71. The van der Waals surface area contributed by atoms with Gasteiger partial charge in [0.05, 0.1) is 13.2 Å². The van der Waals surface area contributed by atoms with E-state index in [0.29, 0.717) is 36.2 Å². The quantitative estimate of drug-likeness (QED) is 0.800. The molecule has 128 valence electrons. The standard InChI is InChI=1S/C18H28N2O3/c1-4-10-23-16-7-6-15(11-17(16)22-5-2)18(21)20-9-8-14(13-20)12-19-3/h6-7,11,14,19H,4-5,8-10,12-13H2,1-3H3. The summed E-state index contributed by atoms with van der Waals surface area (Å²) in [6.07, 6.45) is 2.00. The van der Waals surface area contributed by atoms with E-state index in [1.165, 1.54) is 0 Å². The van der Waals surface area contributed by atoms with Gasteiger partial charge in [0, 0.05) is 18.7 Å². The van der Waals surface area contributed by atoms with Crippen molar-refractivity contribution in [3.05, 3.63) is 23.8 Å². The molecule has 1 fully saturated rings. The van der Waals surface area contributed by atoms with Gasteiger partial charge in [0.2, 0.25) is 0 Å². The lowest BCUT2D eigenvalue weighted by molar-refractivity contribution is 0.0786. The number of hydrogen-bond acceptors (Lipinski definition) is 4. The molecule has 1 heterocycles. The Morgan fingerprint density at radius 1 is 1.30 bits per heavy atom. The van der Waals surface area contributed by atoms with Gasteiger partial charge in [-0.2, -0.15) is 0 Å². The molecule has 0 aliphatic carbocycles. The first-order valence-corrected chi connectivity index (χ1v) is 8.53. The molecule has 1 amide bonds. The Morgan fingerprint density at radius 2 is 2.13 bits per heavy atom. The molecule has 0 aromatic heterocycles. The van der Waals surface area contributed by atoms with Gasteiger partial charge in [0.1, 0.15) is 0 Å². The van der Waals surface area contributed by atoms with E-state index in [2.05, 4.69) is 12.2 Å². The summed E-state index contributed by atoms with van der Waals surface area (Å²) < 4.78 is 11.3. The predicted octanol–water partition coefficient (Wildman–Crippen LogP) is 2.56. The van der Waals surface area contributed by atoms with E-state index in [9.17, 15) is 4.79 Å². The third-order valence-electron chi connectivity index (χ3n) is 4.02. The molecule has 0 bridgehead atoms. The van der Waals surface area contributed by atoms with Gasteiger partial charge < -0.3 is 19.7 Å². The highest BCUT2D eigenvalue weighted by Gasteiger charge is 2.27. The van der Waals surface area contributed by atoms with Crippen molar-refractivity contribution >= 4 is 5.91 Å². The lowest BCUT2D eigenvalue weighted by Gasteiger charge is -2.18. The van der Waals surface area contributed by atoms with E-state index < -0.39 is 0 Å². The summed E-state index contributed by atoms with van der Waals surface area (Å²) in [6.45, 7) is 7.78. The summed E-state index contributed by atoms with van der Waals surface area (Å²) in [7, 11) is 1.95. The molecule has 1 unspecified atom stereocenters. The van der Waals surface area contributed by atoms with Crippen molar-refractivity contribution in [2.75, 3.05) is 39.9 Å². The van der Waals surface area contributed by atoms with Crippen molar-refractivity contribution in [2.45, 2.75) is 26.7 Å². The van der Waals surface area contributed by atoms with Crippen molar-refractivity contribution in [2.24, 2.45) is 5.92 Å². The van der Waals surface area contributed by atoms with Gasteiger partial charge in [0.15, 0.2) is 11.5 Å². The molecule has 1 aromatic carbocycles. The third-order valence-corrected chi connectivity index (χ3v) is 4.02. The maximum Gasteiger partial charge on any atom is 0.254 e. The second kappa shape index (κ2) is 8.77. The average Bonchev–Trinajstić information content (AvgIpc) is 3.02. The number of ether oxygens (including phenoxy) is 2. The number of hydrogen-bond donors (Lipinski definition) is 1. The van der Waals surface area contributed by atoms with Crippen LogP contribution in [0.25, 0.3) is 0 Å². The number of carbonyl (C=O) groups excluding carboxylic acids is 1. The zero-order chi connectivity index (χ0) is 16.7. The smallest absolute Gasteiger partial charge is 0.254 e. The normalized spacial score (nSPS) is 17.3. The number of rotatable bonds is 8. The number of nitrogens with one attached hydrogen (secondary N) is 1. The molecule has 1 aliphatic heterocycles. The Morgan fingerprint density at radius 3 is 2.83 bits per heavy atom. The van der Waals surface area contributed by atoms with Crippen LogP contribution >= 0.6 is 0 Å². The fourth-order valence-corrected chi connectivity index (χ4v) is 2.90. The molecular weight excluding hydrogens is 292 g/mol. The molecule has 0 saturated carbocycles. The van der Waals surface area contributed by atoms with Gasteiger partial charge in [0.25, 0.3) is 5.91 Å². The second-order valence-electron chi connectivity index (χ2n) is 5.91. The topological polar surface area (TPSA) is 50.8 Å². The first-order chi connectivity index (χ1) is 11.2. The lowest BCUT2D eigenvalue weighted by Crippen LogP contribution is -2.30. The van der Waals surface area contributed by atoms with Crippen LogP contribution in [0.15, 0.2) is 18.2 Å². The molecule has 1 aromatic rings. The van der Waals surface area contributed by atoms with Crippen molar-refractivity contribution in [1.82, 2.24) is 10.2 Å². The molecule has 0 radical (unpaired) electrons. The summed E-state index contributed by atoms with van der Waals surface area (Å²) in [5.74, 6) is 1.98. The zero-order valence-electron chi connectivity index (χ0n) is 14.4. The molecular formula is C18H28N2O3. The van der Waals surface area contributed by atoms with E-state index in [1.807, 2.05) is 37.1 Å². The maximum absolute atomic E-state index is 12.7. The average molecular weight is 320 g/mol. The van der Waals surface area contributed by atoms with Crippen LogP contribution in [0.5, 0.6) is 11.5 Å². The fraction of sp³-hybridized carbons (Fsp3) is 0.611. The van der Waals surface area contributed by atoms with Crippen molar-refractivity contribution in [1.29, 1.82) is 0 Å². The minimum absolute atomic E-state index is 0.0756. The van der Waals surface area contributed by atoms with Gasteiger partial charge in [-0.15, -0.1) is 0 Å². The monoisotopic (exact) mass is 320 g/mol. The van der Waals surface area contributed by atoms with E-state index in [-0.39, 0.29) is 5.91 Å². The van der Waals surface area contributed by atoms with Gasteiger partial charge >= 0.3 is 0 Å². The minimum Gasteiger partial charge on any atom is -0.490 e. The molecule has 1 aliphatic rings. The number of benzene rings is 1. The first kappa shape index (κ1) is 17.6. The highest BCUT2D eigenvalue weighted by molar-refractivity contribution is 5.95. The highest BCUT2D eigenvalue weighted by atomic mass is 16.5. The molecule has 5 heteroatoms. The molecule has 23 heavy (non-hydrogen) atoms. The molecule has 5 nitrogen and oxygen atoms in total. The van der Waals surface area contributed by atoms with Gasteiger partial charge in [-0.1, -0.05) is 6.92 Å². The van der Waals surface area contributed by atoms with Crippen molar-refractivity contribution < 1.29 is 14.3 Å². The van der Waals surface area contributed by atoms with Crippen LogP contribution in [0.1, 0.15) is 37.0 Å². The van der Waals surface area contributed by atoms with Crippen LogP contribution in [0.3, 0.4) is 0 Å². The van der Waals surface area contributed by atoms with Crippen LogP contribution in [0.2, 0.25) is 0 Å². The Hall–Kier alpha value is -1.75. The van der Waals surface area contributed by atoms with E-state index >= 15 is 0 Å². The van der Waals surface area contributed by atoms with Crippen LogP contribution in [-0.4, -0.2) is 50.7 Å². The van der Waals surface area contributed by atoms with E-state index in [4.69, 9.17) is 9.47 Å². The molecule has 1 N–H and O–H groups in total. The number of nitrogens with zero attached hydrogens (tertiary/aromatic N) is 1. The Bertz CT molecular complexity index is 519. The molecule has 1 atom stereocenters. The van der Waals surface area contributed by atoms with Crippen LogP contribution in [0, 0.1) is 5.92 Å². The summed E-state index contributed by atoms with van der Waals surface area (Å²) in [4.78, 5) is 14.6. The zero-order valence-corrected chi connectivity index (χ0v) is 14.4. The largest absolute Gasteiger partial charge is 0.490 e. The third kappa shape index (κ3) is 4.61. The van der Waals surface area contributed by atoms with Crippen LogP contribution < -0.4 is 14.8 Å². The van der Waals surface area contributed by atoms with Gasteiger partial charge in [-0.05, 0) is 57.5 Å². The van der Waals surface area contributed by atoms with Gasteiger partial charge in [-0.25, -0.2) is 0 Å². The van der Waals surface area contributed by atoms with Crippen molar-refractivity contribution in [3.63, 3.8) is 0 Å². The molecule has 2 rings (SSSR count). The summed E-state index contributed by atoms with van der Waals surface area (Å²) >= 11 is 0. The SMILES string of the molecule is CCCOc1ccc(C(=O)N2CCC(CNC)C2)cc1OCC. The van der Waals surface area contributed by atoms with E-state index in [0.717, 1.165) is 32.5 Å². The maximum atomic E-state index is 12.7. The predicted molar refractivity (Wildman–Crippen MR) is 91.3 cm³/mol. The second-order valence-corrected chi connectivity index (χ2v) is 5.91. The fourth-order valence-electron chi connectivity index (χ4n) is 2.90. The number of likely N-dealkylation sites (tertiary alicyclic amines) is 1. The highest BCUT2D eigenvalue weighted by Crippen LogP contribution is 2.30. The lowest BCUT2D eigenvalue weighted by atomic mass is 10.1. The first-order valence-electron chi connectivity index (χ1n) is 8.53. The minimum atomic E-state index is 0.0756. The summed E-state index contributed by atoms with van der Waals surface area (Å²) in [5, 5.41) is 3.19. The van der Waals surface area contributed by atoms with Crippen LogP contribution in [0.4, 0.5) is 0 Å². The van der Waals surface area contributed by atoms with Crippen molar-refractivity contribution in [3.8, 4) is 11.5 Å². The summed E-state index contributed by atoms with van der Waals surface area (Å²) in [5.41, 5.74) is 0.669.